The van der Waals surface area contributed by atoms with Gasteiger partial charge in [-0.25, -0.2) is 0 Å². The number of nitrogens with one attached hydrogen (secondary N) is 1. The second kappa shape index (κ2) is 2.63. The molecule has 0 heterocycles. The second-order valence-corrected chi connectivity index (χ2v) is 2.11. The van der Waals surface area contributed by atoms with Crippen molar-refractivity contribution in [2.75, 3.05) is 0 Å². The summed E-state index contributed by atoms with van der Waals surface area (Å²) >= 11 is 0.444. The van der Waals surface area contributed by atoms with Crippen LogP contribution in [0.3, 0.4) is 0 Å². The molecule has 0 atom stereocenters. The molecule has 0 radical (unpaired) electrons. The molecule has 0 aromatic rings. The Morgan fingerprint density at radius 1 is 2.00 bits per heavy atom. The van der Waals surface area contributed by atoms with E-state index in [0.717, 1.165) is 0 Å². The van der Waals surface area contributed by atoms with Crippen LogP contribution in [0.4, 0.5) is 0 Å². The van der Waals surface area contributed by atoms with E-state index in [1.807, 2.05) is 0 Å². The summed E-state index contributed by atoms with van der Waals surface area (Å²) in [6.45, 7) is 1.52. The first-order valence-electron chi connectivity index (χ1n) is 1.31. The predicted molar refractivity (Wildman–Crippen MR) is 13.8 cm³/mol. The normalized spacial score (nSPS) is 7.00. The molecule has 0 aromatic heterocycles. The van der Waals surface area contributed by atoms with Gasteiger partial charge in [-0.15, -0.1) is 0 Å². The zero-order valence-corrected chi connectivity index (χ0v) is 8.61. The van der Waals surface area contributed by atoms with Crippen molar-refractivity contribution in [3.8, 4) is 0 Å². The van der Waals surface area contributed by atoms with Crippen molar-refractivity contribution in [1.82, 2.24) is 3.08 Å². The standard InChI is InChI=1S/C2H5NO.Hg/c1-2(3)4;/h1H3,(H2,3,4);/q;+2/p-1. The summed E-state index contributed by atoms with van der Waals surface area (Å²) < 4.78 is 2.58. The van der Waals surface area contributed by atoms with E-state index in [9.17, 15) is 4.79 Å². The molecule has 2 nitrogen and oxygen atoms in total. The molecule has 1 amide bonds. The molecule has 3 heteroatoms. The van der Waals surface area contributed by atoms with Gasteiger partial charge >= 0.3 is 47.1 Å². The summed E-state index contributed by atoms with van der Waals surface area (Å²) in [5.74, 6) is 0.0910. The topological polar surface area (TPSA) is 29.1 Å². The van der Waals surface area contributed by atoms with Crippen molar-refractivity contribution >= 4 is 5.91 Å². The van der Waals surface area contributed by atoms with Crippen molar-refractivity contribution in [2.24, 2.45) is 0 Å². The van der Waals surface area contributed by atoms with Gasteiger partial charge in [0.2, 0.25) is 0 Å². The first-order chi connectivity index (χ1) is 2.27. The number of rotatable bonds is 0. The summed E-state index contributed by atoms with van der Waals surface area (Å²) in [5.41, 5.74) is 0. The number of amides is 1. The number of hydrogen-bond acceptors (Lipinski definition) is 1. The molecule has 0 bridgehead atoms. The van der Waals surface area contributed by atoms with Crippen LogP contribution in [-0.4, -0.2) is 5.91 Å². The van der Waals surface area contributed by atoms with Crippen molar-refractivity contribution in [3.63, 3.8) is 0 Å². The number of carbonyl (C=O) groups is 1. The fourth-order valence-electron chi connectivity index (χ4n) is 0. The fourth-order valence-corrected chi connectivity index (χ4v) is 0. The number of carbonyl (C=O) groups excluding carboxylic acids is 1. The van der Waals surface area contributed by atoms with E-state index in [4.69, 9.17) is 0 Å². The average molecular weight is 259 g/mol. The van der Waals surface area contributed by atoms with Gasteiger partial charge in [-0.3, -0.25) is 0 Å². The zero-order valence-electron chi connectivity index (χ0n) is 3.12. The molecule has 0 saturated heterocycles. The van der Waals surface area contributed by atoms with Crippen LogP contribution in [0.1, 0.15) is 6.92 Å². The zero-order chi connectivity index (χ0) is 4.28. The summed E-state index contributed by atoms with van der Waals surface area (Å²) in [7, 11) is 0. The van der Waals surface area contributed by atoms with E-state index in [1.54, 1.807) is 0 Å². The third-order valence-electron chi connectivity index (χ3n) is 0.249. The fraction of sp³-hybridized carbons (Fsp3) is 0.500. The predicted octanol–water partition coefficient (Wildman–Crippen LogP) is -0.416. The van der Waals surface area contributed by atoms with Gasteiger partial charge in [-0.05, 0) is 0 Å². The molecule has 0 aliphatic heterocycles. The SMILES string of the molecule is CC(=O)[NH][Hg+]. The molecule has 0 rings (SSSR count). The molecule has 0 aliphatic rings. The van der Waals surface area contributed by atoms with Crippen LogP contribution in [0, 0.1) is 0 Å². The Hall–Kier alpha value is 0.405. The minimum absolute atomic E-state index is 0.0910. The van der Waals surface area contributed by atoms with E-state index < -0.39 is 0 Å². The maximum atomic E-state index is 9.75. The minimum atomic E-state index is 0.0910. The van der Waals surface area contributed by atoms with Crippen LogP contribution in [0.2, 0.25) is 0 Å². The first-order valence-corrected chi connectivity index (χ1v) is 4.06. The van der Waals surface area contributed by atoms with E-state index in [1.165, 1.54) is 6.92 Å². The Kier molecular flexibility index (Phi) is 2.85. The summed E-state index contributed by atoms with van der Waals surface area (Å²) in [6, 6.07) is 0. The van der Waals surface area contributed by atoms with Gasteiger partial charge < -0.3 is 0 Å². The van der Waals surface area contributed by atoms with Crippen LogP contribution >= 0.6 is 0 Å². The Morgan fingerprint density at radius 3 is 2.20 bits per heavy atom. The molecule has 24 valence electrons. The quantitative estimate of drug-likeness (QED) is 0.588. The molecule has 0 aromatic carbocycles. The van der Waals surface area contributed by atoms with Gasteiger partial charge in [0.25, 0.3) is 0 Å². The summed E-state index contributed by atoms with van der Waals surface area (Å²) in [5, 5.41) is 0. The molecule has 5 heavy (non-hydrogen) atoms. The molecule has 1 N–H and O–H groups in total. The second-order valence-electron chi connectivity index (χ2n) is 0.733. The number of hydrogen-bond donors (Lipinski definition) is 1. The molecule has 0 aliphatic carbocycles. The molecule has 0 fully saturated rings. The van der Waals surface area contributed by atoms with Crippen LogP contribution in [0.15, 0.2) is 0 Å². The summed E-state index contributed by atoms with van der Waals surface area (Å²) in [4.78, 5) is 9.75. The maximum absolute atomic E-state index is 9.75. The van der Waals surface area contributed by atoms with E-state index in [2.05, 4.69) is 3.08 Å². The van der Waals surface area contributed by atoms with Crippen molar-refractivity contribution in [2.45, 2.75) is 6.92 Å². The van der Waals surface area contributed by atoms with E-state index in [0.29, 0.717) is 26.4 Å². The third-order valence-corrected chi connectivity index (χ3v) is 2.18. The van der Waals surface area contributed by atoms with Gasteiger partial charge in [-0.2, -0.15) is 0 Å². The molecule has 0 saturated carbocycles. The molecular formula is C2H4HgNO+. The molecule has 0 spiro atoms. The first kappa shape index (κ1) is 5.41. The summed E-state index contributed by atoms with van der Waals surface area (Å²) in [6.07, 6.45) is 0. The van der Waals surface area contributed by atoms with Crippen LogP contribution in [0.25, 0.3) is 0 Å². The Labute approximate surface area is 47.3 Å². The van der Waals surface area contributed by atoms with Gasteiger partial charge in [0.05, 0.1) is 0 Å². The third kappa shape index (κ3) is 4.41. The Morgan fingerprint density at radius 2 is 2.20 bits per heavy atom. The van der Waals surface area contributed by atoms with Gasteiger partial charge in [0, 0.05) is 0 Å². The van der Waals surface area contributed by atoms with Crippen LogP contribution in [0.5, 0.6) is 0 Å². The van der Waals surface area contributed by atoms with Crippen molar-refractivity contribution < 1.29 is 31.2 Å². The van der Waals surface area contributed by atoms with Crippen molar-refractivity contribution in [3.05, 3.63) is 0 Å². The molecular weight excluding hydrogens is 255 g/mol. The van der Waals surface area contributed by atoms with Gasteiger partial charge in [0.1, 0.15) is 0 Å². The van der Waals surface area contributed by atoms with Crippen LogP contribution < -0.4 is 3.08 Å². The van der Waals surface area contributed by atoms with Crippen LogP contribution in [-0.2, 0) is 31.2 Å². The molecule has 0 unspecified atom stereocenters. The van der Waals surface area contributed by atoms with Gasteiger partial charge in [0.15, 0.2) is 0 Å². The van der Waals surface area contributed by atoms with Gasteiger partial charge in [-0.1, -0.05) is 0 Å². The Balaban J connectivity index is 2.85. The Bertz CT molecular complexity index is 44.9. The van der Waals surface area contributed by atoms with Crippen molar-refractivity contribution in [1.29, 1.82) is 0 Å². The monoisotopic (exact) mass is 260 g/mol. The van der Waals surface area contributed by atoms with E-state index >= 15 is 0 Å². The van der Waals surface area contributed by atoms with E-state index in [-0.39, 0.29) is 5.91 Å². The average Bonchev–Trinajstić information content (AvgIpc) is 1.38.